The van der Waals surface area contributed by atoms with Crippen LogP contribution < -0.4 is 9.47 Å². The van der Waals surface area contributed by atoms with Gasteiger partial charge < -0.3 is 19.6 Å². The molecule has 2 heterocycles. The first-order valence-corrected chi connectivity index (χ1v) is 9.97. The molecule has 6 heteroatoms. The Bertz CT molecular complexity index is 1040. The van der Waals surface area contributed by atoms with E-state index in [9.17, 15) is 9.90 Å². The van der Waals surface area contributed by atoms with E-state index in [2.05, 4.69) is 11.1 Å². The maximum Gasteiger partial charge on any atom is 0.321 e. The van der Waals surface area contributed by atoms with Crippen molar-refractivity contribution in [3.8, 4) is 11.5 Å². The second kappa shape index (κ2) is 7.79. The highest BCUT2D eigenvalue weighted by molar-refractivity contribution is 5.87. The molecule has 0 aliphatic carbocycles. The molecule has 0 fully saturated rings. The van der Waals surface area contributed by atoms with Crippen molar-refractivity contribution in [2.24, 2.45) is 0 Å². The number of rotatable bonds is 6. The van der Waals surface area contributed by atoms with Crippen LogP contribution in [0.15, 0.2) is 42.5 Å². The SMILES string of the molecule is CCOc1ccc([C@H]2c3[nH]c4ccccc4c3C[C@@H](C(=O)O)N2CC)cc1OC. The first-order valence-electron chi connectivity index (χ1n) is 9.97. The number of hydrogen-bond donors (Lipinski definition) is 2. The summed E-state index contributed by atoms with van der Waals surface area (Å²) in [5, 5.41) is 11.0. The second-order valence-electron chi connectivity index (χ2n) is 7.20. The number of H-pyrrole nitrogens is 1. The summed E-state index contributed by atoms with van der Waals surface area (Å²) in [7, 11) is 1.62. The van der Waals surface area contributed by atoms with Gasteiger partial charge in [0.1, 0.15) is 6.04 Å². The third-order valence-electron chi connectivity index (χ3n) is 5.70. The fourth-order valence-electron chi connectivity index (χ4n) is 4.45. The third kappa shape index (κ3) is 3.23. The van der Waals surface area contributed by atoms with Gasteiger partial charge in [-0.2, -0.15) is 0 Å². The van der Waals surface area contributed by atoms with Crippen molar-refractivity contribution in [2.45, 2.75) is 32.4 Å². The van der Waals surface area contributed by atoms with Crippen LogP contribution in [0.2, 0.25) is 0 Å². The number of nitrogens with zero attached hydrogens (tertiary/aromatic N) is 1. The molecular formula is C23H26N2O4. The van der Waals surface area contributed by atoms with Gasteiger partial charge in [-0.25, -0.2) is 0 Å². The molecule has 4 rings (SSSR count). The number of fused-ring (bicyclic) bond motifs is 3. The molecule has 3 aromatic rings. The minimum atomic E-state index is -0.800. The molecular weight excluding hydrogens is 368 g/mol. The molecule has 2 atom stereocenters. The second-order valence-corrected chi connectivity index (χ2v) is 7.20. The van der Waals surface area contributed by atoms with E-state index in [1.807, 2.05) is 55.1 Å². The Morgan fingerprint density at radius 2 is 2.00 bits per heavy atom. The van der Waals surface area contributed by atoms with Gasteiger partial charge in [0.25, 0.3) is 0 Å². The highest BCUT2D eigenvalue weighted by atomic mass is 16.5. The maximum atomic E-state index is 12.1. The standard InChI is InChI=1S/C23H26N2O4/c1-4-25-18(23(26)27)13-16-15-8-6-7-9-17(15)24-21(16)22(25)14-10-11-19(29-5-2)20(12-14)28-3/h6-12,18,22,24H,4-5,13H2,1-3H3,(H,26,27)/t18-,22-/m0/s1. The Morgan fingerprint density at radius 3 is 2.69 bits per heavy atom. The topological polar surface area (TPSA) is 74.8 Å². The molecule has 0 saturated heterocycles. The van der Waals surface area contributed by atoms with Gasteiger partial charge in [0.15, 0.2) is 11.5 Å². The van der Waals surface area contributed by atoms with Crippen LogP contribution in [0.4, 0.5) is 0 Å². The summed E-state index contributed by atoms with van der Waals surface area (Å²) in [6.45, 7) is 5.10. The molecule has 2 aromatic carbocycles. The highest BCUT2D eigenvalue weighted by Crippen LogP contribution is 2.42. The van der Waals surface area contributed by atoms with E-state index < -0.39 is 12.0 Å². The van der Waals surface area contributed by atoms with Crippen LogP contribution in [0.3, 0.4) is 0 Å². The van der Waals surface area contributed by atoms with Crippen LogP contribution in [0.25, 0.3) is 10.9 Å². The van der Waals surface area contributed by atoms with E-state index in [1.165, 1.54) is 0 Å². The van der Waals surface area contributed by atoms with Gasteiger partial charge in [0.05, 0.1) is 19.8 Å². The number of hydrogen-bond acceptors (Lipinski definition) is 4. The average Bonchev–Trinajstić information content (AvgIpc) is 3.11. The minimum Gasteiger partial charge on any atom is -0.493 e. The summed E-state index contributed by atoms with van der Waals surface area (Å²) in [4.78, 5) is 17.7. The lowest BCUT2D eigenvalue weighted by molar-refractivity contribution is -0.144. The van der Waals surface area contributed by atoms with Crippen molar-refractivity contribution < 1.29 is 19.4 Å². The number of para-hydroxylation sites is 1. The highest BCUT2D eigenvalue weighted by Gasteiger charge is 2.40. The van der Waals surface area contributed by atoms with E-state index in [0.29, 0.717) is 31.1 Å². The fraction of sp³-hybridized carbons (Fsp3) is 0.348. The molecule has 0 radical (unpaired) electrons. The van der Waals surface area contributed by atoms with Crippen molar-refractivity contribution >= 4 is 16.9 Å². The Balaban J connectivity index is 1.91. The van der Waals surface area contributed by atoms with Gasteiger partial charge in [-0.1, -0.05) is 31.2 Å². The molecule has 2 N–H and O–H groups in total. The van der Waals surface area contributed by atoms with E-state index in [4.69, 9.17) is 9.47 Å². The zero-order valence-electron chi connectivity index (χ0n) is 16.9. The minimum absolute atomic E-state index is 0.207. The van der Waals surface area contributed by atoms with Crippen LogP contribution in [-0.2, 0) is 11.2 Å². The van der Waals surface area contributed by atoms with Crippen molar-refractivity contribution in [1.29, 1.82) is 0 Å². The van der Waals surface area contributed by atoms with Crippen molar-refractivity contribution in [1.82, 2.24) is 9.88 Å². The Hall–Kier alpha value is -2.99. The average molecular weight is 394 g/mol. The van der Waals surface area contributed by atoms with Crippen LogP contribution in [0.1, 0.15) is 36.7 Å². The molecule has 1 aliphatic heterocycles. The molecule has 1 aliphatic rings. The van der Waals surface area contributed by atoms with Gasteiger partial charge in [-0.15, -0.1) is 0 Å². The van der Waals surface area contributed by atoms with E-state index in [0.717, 1.165) is 27.7 Å². The Labute approximate surface area is 170 Å². The molecule has 152 valence electrons. The molecule has 0 saturated carbocycles. The normalized spacial score (nSPS) is 19.1. The first-order chi connectivity index (χ1) is 14.1. The van der Waals surface area contributed by atoms with Gasteiger partial charge >= 0.3 is 5.97 Å². The fourth-order valence-corrected chi connectivity index (χ4v) is 4.45. The summed E-state index contributed by atoms with van der Waals surface area (Å²) in [5.74, 6) is 0.533. The number of aliphatic carboxylic acids is 1. The van der Waals surface area contributed by atoms with E-state index in [1.54, 1.807) is 7.11 Å². The monoisotopic (exact) mass is 394 g/mol. The number of ether oxygens (including phenoxy) is 2. The van der Waals surface area contributed by atoms with Crippen LogP contribution >= 0.6 is 0 Å². The lowest BCUT2D eigenvalue weighted by Gasteiger charge is -2.39. The number of aromatic nitrogens is 1. The molecule has 0 amide bonds. The number of nitrogens with one attached hydrogen (secondary N) is 1. The van der Waals surface area contributed by atoms with Gasteiger partial charge in [0.2, 0.25) is 0 Å². The third-order valence-corrected chi connectivity index (χ3v) is 5.70. The van der Waals surface area contributed by atoms with Crippen LogP contribution in [0, 0.1) is 0 Å². The number of benzene rings is 2. The molecule has 29 heavy (non-hydrogen) atoms. The molecule has 6 nitrogen and oxygen atoms in total. The zero-order chi connectivity index (χ0) is 20.5. The molecule has 0 spiro atoms. The summed E-state index contributed by atoms with van der Waals surface area (Å²) in [6.07, 6.45) is 0.479. The summed E-state index contributed by atoms with van der Waals surface area (Å²) in [5.41, 5.74) is 4.14. The van der Waals surface area contributed by atoms with Crippen molar-refractivity contribution in [2.75, 3.05) is 20.3 Å². The first kappa shape index (κ1) is 19.3. The smallest absolute Gasteiger partial charge is 0.321 e. The van der Waals surface area contributed by atoms with E-state index >= 15 is 0 Å². The molecule has 1 aromatic heterocycles. The predicted octanol–water partition coefficient (Wildman–Crippen LogP) is 4.00. The summed E-state index contributed by atoms with van der Waals surface area (Å²) < 4.78 is 11.2. The number of carboxylic acid groups (broad SMARTS) is 1. The zero-order valence-corrected chi connectivity index (χ0v) is 16.9. The van der Waals surface area contributed by atoms with Crippen molar-refractivity contribution in [3.63, 3.8) is 0 Å². The lowest BCUT2D eigenvalue weighted by Crippen LogP contribution is -2.48. The Morgan fingerprint density at radius 1 is 1.21 bits per heavy atom. The predicted molar refractivity (Wildman–Crippen MR) is 112 cm³/mol. The van der Waals surface area contributed by atoms with Gasteiger partial charge in [-0.05, 0) is 42.8 Å². The molecule has 0 bridgehead atoms. The Kier molecular flexibility index (Phi) is 5.20. The largest absolute Gasteiger partial charge is 0.493 e. The quantitative estimate of drug-likeness (QED) is 0.661. The van der Waals surface area contributed by atoms with E-state index in [-0.39, 0.29) is 6.04 Å². The summed E-state index contributed by atoms with van der Waals surface area (Å²) >= 11 is 0. The number of carbonyl (C=O) groups is 1. The van der Waals surface area contributed by atoms with Crippen molar-refractivity contribution in [3.05, 3.63) is 59.3 Å². The van der Waals surface area contributed by atoms with Gasteiger partial charge in [0, 0.05) is 23.0 Å². The number of likely N-dealkylation sites (N-methyl/N-ethyl adjacent to an activating group) is 1. The maximum absolute atomic E-state index is 12.1. The molecule has 0 unspecified atom stereocenters. The lowest BCUT2D eigenvalue weighted by atomic mass is 9.88. The van der Waals surface area contributed by atoms with Crippen LogP contribution in [0.5, 0.6) is 11.5 Å². The summed E-state index contributed by atoms with van der Waals surface area (Å²) in [6, 6.07) is 13.1. The number of methoxy groups -OCH3 is 1. The number of aromatic amines is 1. The number of carboxylic acids is 1. The van der Waals surface area contributed by atoms with Crippen LogP contribution in [-0.4, -0.2) is 47.3 Å². The van der Waals surface area contributed by atoms with Gasteiger partial charge in [-0.3, -0.25) is 9.69 Å².